The first-order valence-electron chi connectivity index (χ1n) is 8.29. The molecule has 0 aromatic heterocycles. The summed E-state index contributed by atoms with van der Waals surface area (Å²) in [6, 6.07) is 17.4. The number of rotatable bonds is 2. The van der Waals surface area contributed by atoms with E-state index < -0.39 is 0 Å². The van der Waals surface area contributed by atoms with Gasteiger partial charge in [-0.05, 0) is 12.1 Å². The Morgan fingerprint density at radius 1 is 1.00 bits per heavy atom. The van der Waals surface area contributed by atoms with Crippen LogP contribution in [0.2, 0.25) is 0 Å². The normalized spacial score (nSPS) is 21.4. The van der Waals surface area contributed by atoms with Gasteiger partial charge in [0.25, 0.3) is 5.91 Å². The summed E-state index contributed by atoms with van der Waals surface area (Å²) in [7, 11) is 0. The molecule has 4 rings (SSSR count). The van der Waals surface area contributed by atoms with Gasteiger partial charge < -0.3 is 15.0 Å². The van der Waals surface area contributed by atoms with Crippen LogP contribution in [0.15, 0.2) is 59.6 Å². The number of carbonyl (C=O) groups is 1. The van der Waals surface area contributed by atoms with Gasteiger partial charge in [-0.1, -0.05) is 42.5 Å². The van der Waals surface area contributed by atoms with Gasteiger partial charge in [0.05, 0.1) is 24.6 Å². The number of anilines is 1. The third-order valence-electron chi connectivity index (χ3n) is 4.55. The van der Waals surface area contributed by atoms with Gasteiger partial charge in [-0.2, -0.15) is 0 Å². The highest BCUT2D eigenvalue weighted by atomic mass is 16.5. The Morgan fingerprint density at radius 2 is 1.71 bits per heavy atom. The van der Waals surface area contributed by atoms with Crippen LogP contribution in [0.3, 0.4) is 0 Å². The first kappa shape index (κ1) is 15.1. The third kappa shape index (κ3) is 2.84. The molecule has 0 saturated carbocycles. The van der Waals surface area contributed by atoms with E-state index in [4.69, 9.17) is 9.73 Å². The SMILES string of the molecule is O=C1Nc2ccccc2N=C(c2ccccc2)[C@H]1[NH+]1CCOCC1. The van der Waals surface area contributed by atoms with Crippen molar-refractivity contribution in [1.29, 1.82) is 0 Å². The first-order valence-corrected chi connectivity index (χ1v) is 8.29. The number of hydrogen-bond acceptors (Lipinski definition) is 3. The number of hydrogen-bond donors (Lipinski definition) is 2. The van der Waals surface area contributed by atoms with Crippen molar-refractivity contribution in [3.63, 3.8) is 0 Å². The van der Waals surface area contributed by atoms with Crippen LogP contribution in [0, 0.1) is 0 Å². The fourth-order valence-corrected chi connectivity index (χ4v) is 3.34. The molecule has 2 N–H and O–H groups in total. The zero-order valence-corrected chi connectivity index (χ0v) is 13.4. The number of aliphatic imine (C=N–C) groups is 1. The maximum atomic E-state index is 13.0. The minimum Gasteiger partial charge on any atom is -0.370 e. The van der Waals surface area contributed by atoms with Crippen molar-refractivity contribution >= 4 is 23.0 Å². The monoisotopic (exact) mass is 322 g/mol. The number of amides is 1. The molecular weight excluding hydrogens is 302 g/mol. The van der Waals surface area contributed by atoms with Gasteiger partial charge in [-0.3, -0.25) is 4.79 Å². The number of fused-ring (bicyclic) bond motifs is 1. The molecule has 2 aliphatic rings. The molecule has 1 atom stereocenters. The maximum Gasteiger partial charge on any atom is 0.289 e. The molecule has 0 aliphatic carbocycles. The molecular formula is C19H20N3O2+. The first-order chi connectivity index (χ1) is 11.8. The number of ether oxygens (including phenoxy) is 1. The van der Waals surface area contributed by atoms with Crippen molar-refractivity contribution in [1.82, 2.24) is 0 Å². The zero-order chi connectivity index (χ0) is 16.4. The summed E-state index contributed by atoms with van der Waals surface area (Å²) in [5, 5.41) is 3.05. The maximum absolute atomic E-state index is 13.0. The molecule has 5 nitrogen and oxygen atoms in total. The highest BCUT2D eigenvalue weighted by Gasteiger charge is 2.38. The van der Waals surface area contributed by atoms with Crippen LogP contribution in [-0.2, 0) is 9.53 Å². The third-order valence-corrected chi connectivity index (χ3v) is 4.55. The van der Waals surface area contributed by atoms with Gasteiger partial charge in [0.15, 0.2) is 0 Å². The van der Waals surface area contributed by atoms with Crippen LogP contribution in [0.25, 0.3) is 0 Å². The molecule has 24 heavy (non-hydrogen) atoms. The molecule has 1 amide bonds. The Balaban J connectivity index is 1.83. The lowest BCUT2D eigenvalue weighted by atomic mass is 10.0. The average molecular weight is 322 g/mol. The average Bonchev–Trinajstić information content (AvgIpc) is 2.79. The van der Waals surface area contributed by atoms with Crippen molar-refractivity contribution in [3.8, 4) is 0 Å². The number of nitrogens with zero attached hydrogens (tertiary/aromatic N) is 1. The lowest BCUT2D eigenvalue weighted by Gasteiger charge is -2.30. The van der Waals surface area contributed by atoms with Gasteiger partial charge in [0, 0.05) is 5.56 Å². The second kappa shape index (κ2) is 6.55. The van der Waals surface area contributed by atoms with Gasteiger partial charge in [-0.25, -0.2) is 4.99 Å². The van der Waals surface area contributed by atoms with Crippen molar-refractivity contribution in [2.45, 2.75) is 6.04 Å². The minimum atomic E-state index is -0.330. The summed E-state index contributed by atoms with van der Waals surface area (Å²) in [6.45, 7) is 2.96. The summed E-state index contributed by atoms with van der Waals surface area (Å²) in [5.74, 6) is -0.000506. The van der Waals surface area contributed by atoms with Crippen LogP contribution in [0.1, 0.15) is 5.56 Å². The smallest absolute Gasteiger partial charge is 0.289 e. The van der Waals surface area contributed by atoms with E-state index in [1.165, 1.54) is 4.90 Å². The standard InChI is InChI=1S/C19H19N3O2/c23-19-18(22-10-12-24-13-11-22)17(14-6-2-1-3-7-14)20-15-8-4-5-9-16(15)21-19/h1-9,18H,10-13H2,(H,21,23)/p+1/t18-/m1/s1. The molecule has 5 heteroatoms. The molecule has 122 valence electrons. The quantitative estimate of drug-likeness (QED) is 0.868. The van der Waals surface area contributed by atoms with Crippen molar-refractivity contribution < 1.29 is 14.4 Å². The fraction of sp³-hybridized carbons (Fsp3) is 0.263. The summed E-state index contributed by atoms with van der Waals surface area (Å²) in [5.41, 5.74) is 3.40. The van der Waals surface area contributed by atoms with Crippen LogP contribution in [-0.4, -0.2) is 44.0 Å². The highest BCUT2D eigenvalue weighted by Crippen LogP contribution is 2.28. The molecule has 2 aliphatic heterocycles. The van der Waals surface area contributed by atoms with Crippen molar-refractivity contribution in [2.75, 3.05) is 31.6 Å². The molecule has 2 heterocycles. The number of quaternary nitrogens is 1. The van der Waals surface area contributed by atoms with Gasteiger partial charge in [0.1, 0.15) is 18.8 Å². The minimum absolute atomic E-state index is 0.000506. The van der Waals surface area contributed by atoms with Crippen LogP contribution >= 0.6 is 0 Å². The zero-order valence-electron chi connectivity index (χ0n) is 13.4. The van der Waals surface area contributed by atoms with Gasteiger partial charge in [-0.15, -0.1) is 0 Å². The number of benzene rings is 2. The van der Waals surface area contributed by atoms with E-state index in [1.807, 2.05) is 54.6 Å². The summed E-state index contributed by atoms with van der Waals surface area (Å²) >= 11 is 0. The molecule has 2 aromatic carbocycles. The second-order valence-electron chi connectivity index (χ2n) is 6.07. The Labute approximate surface area is 141 Å². The lowest BCUT2D eigenvalue weighted by Crippen LogP contribution is -3.19. The molecule has 0 bridgehead atoms. The van der Waals surface area contributed by atoms with Gasteiger partial charge in [0.2, 0.25) is 6.04 Å². The van der Waals surface area contributed by atoms with E-state index in [9.17, 15) is 4.79 Å². The lowest BCUT2D eigenvalue weighted by molar-refractivity contribution is -0.913. The number of morpholine rings is 1. The summed E-state index contributed by atoms with van der Waals surface area (Å²) < 4.78 is 5.47. The molecule has 1 saturated heterocycles. The Bertz CT molecular complexity index is 767. The fourth-order valence-electron chi connectivity index (χ4n) is 3.34. The molecule has 1 fully saturated rings. The summed E-state index contributed by atoms with van der Waals surface area (Å²) in [4.78, 5) is 19.1. The second-order valence-corrected chi connectivity index (χ2v) is 6.07. The van der Waals surface area contributed by atoms with E-state index in [-0.39, 0.29) is 11.9 Å². The Morgan fingerprint density at radius 3 is 2.50 bits per heavy atom. The molecule has 0 unspecified atom stereocenters. The van der Waals surface area contributed by atoms with Crippen molar-refractivity contribution in [2.24, 2.45) is 4.99 Å². The van der Waals surface area contributed by atoms with E-state index in [2.05, 4.69) is 5.32 Å². The number of para-hydroxylation sites is 2. The van der Waals surface area contributed by atoms with E-state index in [0.717, 1.165) is 35.7 Å². The predicted octanol–water partition coefficient (Wildman–Crippen LogP) is 1.04. The highest BCUT2D eigenvalue weighted by molar-refractivity contribution is 6.21. The largest absolute Gasteiger partial charge is 0.370 e. The summed E-state index contributed by atoms with van der Waals surface area (Å²) in [6.07, 6.45) is 0. The van der Waals surface area contributed by atoms with Crippen LogP contribution in [0.5, 0.6) is 0 Å². The number of nitrogens with one attached hydrogen (secondary N) is 2. The van der Waals surface area contributed by atoms with E-state index >= 15 is 0 Å². The molecule has 0 spiro atoms. The van der Waals surface area contributed by atoms with E-state index in [1.54, 1.807) is 0 Å². The van der Waals surface area contributed by atoms with Gasteiger partial charge >= 0.3 is 0 Å². The topological polar surface area (TPSA) is 55.1 Å². The molecule has 2 aromatic rings. The van der Waals surface area contributed by atoms with E-state index in [0.29, 0.717) is 13.2 Å². The Kier molecular flexibility index (Phi) is 4.11. The van der Waals surface area contributed by atoms with Crippen molar-refractivity contribution in [3.05, 3.63) is 60.2 Å². The predicted molar refractivity (Wildman–Crippen MR) is 93.0 cm³/mol. The van der Waals surface area contributed by atoms with Crippen LogP contribution in [0.4, 0.5) is 11.4 Å². The van der Waals surface area contributed by atoms with Crippen LogP contribution < -0.4 is 10.2 Å². The molecule has 0 radical (unpaired) electrons. The number of carbonyl (C=O) groups excluding carboxylic acids is 1. The Hall–Kier alpha value is -2.50.